The third kappa shape index (κ3) is 2.88. The summed E-state index contributed by atoms with van der Waals surface area (Å²) < 4.78 is 0. The average Bonchev–Trinajstić information content (AvgIpc) is 2.53. The third-order valence-electron chi connectivity index (χ3n) is 3.33. The van der Waals surface area contributed by atoms with Crippen molar-refractivity contribution in [2.24, 2.45) is 0 Å². The molecule has 0 unspecified atom stereocenters. The highest BCUT2D eigenvalue weighted by Gasteiger charge is 2.10. The first-order valence-corrected chi connectivity index (χ1v) is 6.98. The van der Waals surface area contributed by atoms with E-state index in [0.29, 0.717) is 17.1 Å². The Labute approximate surface area is 127 Å². The first-order valence-electron chi connectivity index (χ1n) is 6.60. The van der Waals surface area contributed by atoms with Crippen LogP contribution >= 0.6 is 11.6 Å². The van der Waals surface area contributed by atoms with E-state index in [1.54, 1.807) is 18.5 Å². The molecule has 1 aromatic heterocycles. The maximum absolute atomic E-state index is 12.4. The van der Waals surface area contributed by atoms with Crippen LogP contribution in [-0.2, 0) is 6.54 Å². The van der Waals surface area contributed by atoms with Gasteiger partial charge in [0.2, 0.25) is 0 Å². The van der Waals surface area contributed by atoms with Crippen LogP contribution in [0.5, 0.6) is 0 Å². The predicted octanol–water partition coefficient (Wildman–Crippen LogP) is 3.82. The van der Waals surface area contributed by atoms with Crippen molar-refractivity contribution in [2.45, 2.75) is 6.54 Å². The van der Waals surface area contributed by atoms with Crippen LogP contribution in [-0.4, -0.2) is 10.9 Å². The number of nitrogens with one attached hydrogen (secondary N) is 1. The fraction of sp³-hybridized carbons (Fsp3) is 0.0588. The molecule has 0 saturated carbocycles. The van der Waals surface area contributed by atoms with E-state index >= 15 is 0 Å². The Bertz CT molecular complexity index is 796. The molecule has 0 bridgehead atoms. The summed E-state index contributed by atoms with van der Waals surface area (Å²) in [5.74, 6) is -0.131. The summed E-state index contributed by atoms with van der Waals surface area (Å²) >= 11 is 6.09. The zero-order valence-electron chi connectivity index (χ0n) is 11.2. The van der Waals surface area contributed by atoms with Crippen molar-refractivity contribution < 1.29 is 4.79 Å². The maximum Gasteiger partial charge on any atom is 0.252 e. The number of carbonyl (C=O) groups excluding carboxylic acids is 1. The quantitative estimate of drug-likeness (QED) is 0.798. The molecule has 21 heavy (non-hydrogen) atoms. The summed E-state index contributed by atoms with van der Waals surface area (Å²) in [6, 6.07) is 15.0. The Balaban J connectivity index is 1.83. The van der Waals surface area contributed by atoms with E-state index in [1.807, 2.05) is 42.5 Å². The summed E-state index contributed by atoms with van der Waals surface area (Å²) in [5, 5.41) is 5.39. The van der Waals surface area contributed by atoms with Gasteiger partial charge < -0.3 is 5.32 Å². The van der Waals surface area contributed by atoms with Crippen molar-refractivity contribution in [1.29, 1.82) is 0 Å². The highest BCUT2D eigenvalue weighted by atomic mass is 35.5. The first kappa shape index (κ1) is 13.6. The summed E-state index contributed by atoms with van der Waals surface area (Å²) in [5.41, 5.74) is 1.51. The number of benzene rings is 2. The number of pyridine rings is 1. The molecule has 4 heteroatoms. The van der Waals surface area contributed by atoms with Gasteiger partial charge in [0.15, 0.2) is 0 Å². The van der Waals surface area contributed by atoms with E-state index in [4.69, 9.17) is 11.6 Å². The van der Waals surface area contributed by atoms with E-state index in [0.717, 1.165) is 16.3 Å². The van der Waals surface area contributed by atoms with Gasteiger partial charge in [0, 0.05) is 34.9 Å². The summed E-state index contributed by atoms with van der Waals surface area (Å²) in [6.07, 6.45) is 3.42. The lowest BCUT2D eigenvalue weighted by molar-refractivity contribution is 0.0952. The number of carbonyl (C=O) groups is 1. The van der Waals surface area contributed by atoms with E-state index in [2.05, 4.69) is 10.3 Å². The molecular weight excluding hydrogens is 284 g/mol. The Morgan fingerprint density at radius 2 is 1.95 bits per heavy atom. The maximum atomic E-state index is 12.4. The van der Waals surface area contributed by atoms with Crippen molar-refractivity contribution in [3.05, 3.63) is 77.1 Å². The smallest absolute Gasteiger partial charge is 0.252 e. The van der Waals surface area contributed by atoms with Crippen LogP contribution in [0.15, 0.2) is 60.9 Å². The van der Waals surface area contributed by atoms with Crippen molar-refractivity contribution in [1.82, 2.24) is 10.3 Å². The molecule has 2 aromatic carbocycles. The normalized spacial score (nSPS) is 10.5. The predicted molar refractivity (Wildman–Crippen MR) is 84.4 cm³/mol. The molecule has 1 heterocycles. The number of aromatic nitrogens is 1. The third-order valence-corrected chi connectivity index (χ3v) is 3.69. The molecule has 1 N–H and O–H groups in total. The molecular formula is C17H13ClN2O. The molecule has 1 amide bonds. The van der Waals surface area contributed by atoms with Crippen LogP contribution in [0.25, 0.3) is 10.8 Å². The number of amides is 1. The molecule has 0 radical (unpaired) electrons. The first-order chi connectivity index (χ1) is 10.3. The van der Waals surface area contributed by atoms with E-state index in [-0.39, 0.29) is 5.91 Å². The molecule has 0 spiro atoms. The Morgan fingerprint density at radius 3 is 2.81 bits per heavy atom. The number of halogens is 1. The van der Waals surface area contributed by atoms with Gasteiger partial charge in [-0.2, -0.15) is 0 Å². The van der Waals surface area contributed by atoms with E-state index < -0.39 is 0 Å². The second kappa shape index (κ2) is 5.94. The molecule has 0 fully saturated rings. The zero-order chi connectivity index (χ0) is 14.7. The minimum Gasteiger partial charge on any atom is -0.348 e. The van der Waals surface area contributed by atoms with Crippen molar-refractivity contribution in [3.63, 3.8) is 0 Å². The number of hydrogen-bond acceptors (Lipinski definition) is 2. The van der Waals surface area contributed by atoms with Gasteiger partial charge in [-0.25, -0.2) is 0 Å². The molecule has 0 saturated heterocycles. The van der Waals surface area contributed by atoms with Crippen LogP contribution in [0.3, 0.4) is 0 Å². The minimum absolute atomic E-state index is 0.131. The van der Waals surface area contributed by atoms with Gasteiger partial charge in [0.1, 0.15) is 0 Å². The lowest BCUT2D eigenvalue weighted by atomic mass is 10.1. The number of fused-ring (bicyclic) bond motifs is 1. The van der Waals surface area contributed by atoms with Gasteiger partial charge in [-0.1, -0.05) is 41.9 Å². The topological polar surface area (TPSA) is 42.0 Å². The molecule has 3 rings (SSSR count). The highest BCUT2D eigenvalue weighted by molar-refractivity contribution is 6.31. The second-order valence-corrected chi connectivity index (χ2v) is 5.08. The number of nitrogens with zero attached hydrogens (tertiary/aromatic N) is 1. The van der Waals surface area contributed by atoms with Gasteiger partial charge in [0.25, 0.3) is 5.91 Å². The average molecular weight is 297 g/mol. The highest BCUT2D eigenvalue weighted by Crippen LogP contribution is 2.18. The molecule has 104 valence electrons. The van der Waals surface area contributed by atoms with E-state index in [9.17, 15) is 4.79 Å². The fourth-order valence-electron chi connectivity index (χ4n) is 2.22. The SMILES string of the molecule is O=C(NCc1ccccc1Cl)c1cccc2ccncc12. The molecule has 3 nitrogen and oxygen atoms in total. The van der Waals surface area contributed by atoms with Crippen LogP contribution in [0.4, 0.5) is 0 Å². The molecule has 3 aromatic rings. The number of rotatable bonds is 3. The summed E-state index contributed by atoms with van der Waals surface area (Å²) in [4.78, 5) is 16.4. The van der Waals surface area contributed by atoms with Crippen molar-refractivity contribution in [3.8, 4) is 0 Å². The van der Waals surface area contributed by atoms with Gasteiger partial charge in [-0.15, -0.1) is 0 Å². The van der Waals surface area contributed by atoms with Gasteiger partial charge in [-0.05, 0) is 29.1 Å². The summed E-state index contributed by atoms with van der Waals surface area (Å²) in [6.45, 7) is 0.398. The largest absolute Gasteiger partial charge is 0.348 e. The number of hydrogen-bond donors (Lipinski definition) is 1. The Kier molecular flexibility index (Phi) is 3.84. The monoisotopic (exact) mass is 296 g/mol. The van der Waals surface area contributed by atoms with Gasteiger partial charge >= 0.3 is 0 Å². The lowest BCUT2D eigenvalue weighted by Gasteiger charge is -2.09. The molecule has 0 aliphatic rings. The second-order valence-electron chi connectivity index (χ2n) is 4.68. The van der Waals surface area contributed by atoms with Crippen molar-refractivity contribution >= 4 is 28.3 Å². The minimum atomic E-state index is -0.131. The summed E-state index contributed by atoms with van der Waals surface area (Å²) in [7, 11) is 0. The van der Waals surface area contributed by atoms with Gasteiger partial charge in [0.05, 0.1) is 0 Å². The fourth-order valence-corrected chi connectivity index (χ4v) is 2.43. The Hall–Kier alpha value is -2.39. The molecule has 0 aliphatic heterocycles. The van der Waals surface area contributed by atoms with Crippen LogP contribution in [0.1, 0.15) is 15.9 Å². The molecule has 0 atom stereocenters. The van der Waals surface area contributed by atoms with Crippen LogP contribution in [0.2, 0.25) is 5.02 Å². The van der Waals surface area contributed by atoms with Gasteiger partial charge in [-0.3, -0.25) is 9.78 Å². The standard InChI is InChI=1S/C17H13ClN2O/c18-16-7-2-1-4-13(16)10-20-17(21)14-6-3-5-12-8-9-19-11-15(12)14/h1-9,11H,10H2,(H,20,21). The van der Waals surface area contributed by atoms with E-state index in [1.165, 1.54) is 0 Å². The molecule has 0 aliphatic carbocycles. The zero-order valence-corrected chi connectivity index (χ0v) is 12.0. The van der Waals surface area contributed by atoms with Crippen LogP contribution in [0, 0.1) is 0 Å². The van der Waals surface area contributed by atoms with Crippen LogP contribution < -0.4 is 5.32 Å². The van der Waals surface area contributed by atoms with Crippen molar-refractivity contribution in [2.75, 3.05) is 0 Å². The lowest BCUT2D eigenvalue weighted by Crippen LogP contribution is -2.23. The Morgan fingerprint density at radius 1 is 1.10 bits per heavy atom.